The Hall–Kier alpha value is -1.28. The van der Waals surface area contributed by atoms with Crippen molar-refractivity contribution in [2.45, 2.75) is 56.7 Å². The highest BCUT2D eigenvalue weighted by Gasteiger charge is 2.45. The number of nitrogens with one attached hydrogen (secondary N) is 2. The van der Waals surface area contributed by atoms with Gasteiger partial charge in [0.25, 0.3) is 0 Å². The number of carbonyl (C=O) groups excluding carboxylic acids is 3. The molecule has 1 aliphatic carbocycles. The number of amides is 3. The summed E-state index contributed by atoms with van der Waals surface area (Å²) in [6.07, 6.45) is 6.84. The number of carbonyl (C=O) groups is 3. The van der Waals surface area contributed by atoms with Crippen molar-refractivity contribution in [2.24, 2.45) is 5.92 Å². The van der Waals surface area contributed by atoms with Gasteiger partial charge in [-0.1, -0.05) is 32.1 Å². The van der Waals surface area contributed by atoms with Gasteiger partial charge in [0.2, 0.25) is 17.7 Å². The lowest BCUT2D eigenvalue weighted by molar-refractivity contribution is -0.156. The molecule has 4 rings (SSSR count). The first-order valence-electron chi connectivity index (χ1n) is 9.84. The third-order valence-electron chi connectivity index (χ3n) is 6.20. The highest BCUT2D eigenvalue weighted by molar-refractivity contribution is 7.99. The zero-order valence-electron chi connectivity index (χ0n) is 15.1. The first-order chi connectivity index (χ1) is 12.6. The summed E-state index contributed by atoms with van der Waals surface area (Å²) in [5.74, 6) is 2.11. The number of rotatable bonds is 3. The lowest BCUT2D eigenvalue weighted by Gasteiger charge is -2.46. The third kappa shape index (κ3) is 3.58. The first kappa shape index (κ1) is 18.1. The minimum atomic E-state index is -0.531. The number of fused-ring (bicyclic) bond motifs is 1. The molecule has 26 heavy (non-hydrogen) atoms. The van der Waals surface area contributed by atoms with Gasteiger partial charge in [0.05, 0.1) is 12.6 Å². The van der Waals surface area contributed by atoms with Gasteiger partial charge in [-0.2, -0.15) is 0 Å². The number of piperazine rings is 2. The van der Waals surface area contributed by atoms with E-state index in [2.05, 4.69) is 10.6 Å². The van der Waals surface area contributed by atoms with Gasteiger partial charge in [0.1, 0.15) is 12.1 Å². The molecule has 7 nitrogen and oxygen atoms in total. The summed E-state index contributed by atoms with van der Waals surface area (Å²) in [6, 6.07) is -1.07. The fourth-order valence-electron chi connectivity index (χ4n) is 4.69. The van der Waals surface area contributed by atoms with Crippen molar-refractivity contribution < 1.29 is 14.4 Å². The van der Waals surface area contributed by atoms with E-state index in [0.29, 0.717) is 25.6 Å². The average molecular weight is 381 g/mol. The van der Waals surface area contributed by atoms with E-state index >= 15 is 0 Å². The molecule has 0 aromatic heterocycles. The normalized spacial score (nSPS) is 33.2. The van der Waals surface area contributed by atoms with Crippen LogP contribution < -0.4 is 10.6 Å². The van der Waals surface area contributed by atoms with Crippen LogP contribution in [0.2, 0.25) is 0 Å². The minimum Gasteiger partial charge on any atom is -0.342 e. The van der Waals surface area contributed by atoms with Crippen molar-refractivity contribution in [3.05, 3.63) is 0 Å². The average Bonchev–Trinajstić information content (AvgIpc) is 3.20. The lowest BCUT2D eigenvalue weighted by Crippen LogP contribution is -2.70. The molecule has 3 amide bonds. The molecule has 3 heterocycles. The molecule has 144 valence electrons. The van der Waals surface area contributed by atoms with Gasteiger partial charge in [-0.3, -0.25) is 19.7 Å². The SMILES string of the molecule is O=C1N[C@@H](CC2CCCCC2)C(=O)N2CCN(C(=O)[C@@H]3CSCN3)C[C@H]12. The maximum absolute atomic E-state index is 12.9. The van der Waals surface area contributed by atoms with Crippen LogP contribution in [0, 0.1) is 5.92 Å². The smallest absolute Gasteiger partial charge is 0.245 e. The second-order valence-corrected chi connectivity index (χ2v) is 8.93. The molecule has 0 aromatic carbocycles. The molecule has 0 unspecified atom stereocenters. The Morgan fingerprint density at radius 1 is 1.15 bits per heavy atom. The molecule has 4 fully saturated rings. The monoisotopic (exact) mass is 380 g/mol. The van der Waals surface area contributed by atoms with Gasteiger partial charge in [-0.15, -0.1) is 11.8 Å². The Bertz CT molecular complexity index is 575. The Morgan fingerprint density at radius 2 is 1.96 bits per heavy atom. The Labute approximate surface area is 158 Å². The van der Waals surface area contributed by atoms with Crippen LogP contribution in [0.15, 0.2) is 0 Å². The lowest BCUT2D eigenvalue weighted by atomic mass is 9.84. The van der Waals surface area contributed by atoms with Crippen LogP contribution in [0.5, 0.6) is 0 Å². The van der Waals surface area contributed by atoms with Crippen LogP contribution >= 0.6 is 11.8 Å². The van der Waals surface area contributed by atoms with Crippen LogP contribution in [0.4, 0.5) is 0 Å². The molecule has 8 heteroatoms. The molecule has 2 N–H and O–H groups in total. The van der Waals surface area contributed by atoms with Crippen molar-refractivity contribution in [3.63, 3.8) is 0 Å². The fraction of sp³-hybridized carbons (Fsp3) is 0.833. The van der Waals surface area contributed by atoms with Crippen molar-refractivity contribution >= 4 is 29.5 Å². The second-order valence-electron chi connectivity index (χ2n) is 7.90. The maximum atomic E-state index is 12.9. The molecule has 0 radical (unpaired) electrons. The Kier molecular flexibility index (Phi) is 5.40. The van der Waals surface area contributed by atoms with E-state index in [1.54, 1.807) is 21.6 Å². The van der Waals surface area contributed by atoms with Crippen molar-refractivity contribution in [2.75, 3.05) is 31.3 Å². The molecule has 3 atom stereocenters. The number of hydrogen-bond acceptors (Lipinski definition) is 5. The second kappa shape index (κ2) is 7.76. The number of hydrogen-bond donors (Lipinski definition) is 2. The van der Waals surface area contributed by atoms with Crippen LogP contribution in [-0.2, 0) is 14.4 Å². The Morgan fingerprint density at radius 3 is 2.69 bits per heavy atom. The van der Waals surface area contributed by atoms with Crippen molar-refractivity contribution in [1.29, 1.82) is 0 Å². The van der Waals surface area contributed by atoms with E-state index in [-0.39, 0.29) is 29.8 Å². The number of nitrogens with zero attached hydrogens (tertiary/aromatic N) is 2. The molecule has 0 spiro atoms. The molecular weight excluding hydrogens is 352 g/mol. The van der Waals surface area contributed by atoms with Gasteiger partial charge < -0.3 is 15.1 Å². The zero-order valence-corrected chi connectivity index (χ0v) is 15.9. The van der Waals surface area contributed by atoms with E-state index in [1.165, 1.54) is 19.3 Å². The summed E-state index contributed by atoms with van der Waals surface area (Å²) in [7, 11) is 0. The van der Waals surface area contributed by atoms with Gasteiger partial charge >= 0.3 is 0 Å². The quantitative estimate of drug-likeness (QED) is 0.729. The molecule has 0 aromatic rings. The fourth-order valence-corrected chi connectivity index (χ4v) is 5.62. The molecule has 1 saturated carbocycles. The summed E-state index contributed by atoms with van der Waals surface area (Å²) < 4.78 is 0. The van der Waals surface area contributed by atoms with Crippen molar-refractivity contribution in [1.82, 2.24) is 20.4 Å². The molecule has 3 saturated heterocycles. The third-order valence-corrected chi connectivity index (χ3v) is 7.14. The van der Waals surface area contributed by atoms with Crippen LogP contribution in [-0.4, -0.2) is 76.9 Å². The van der Waals surface area contributed by atoms with E-state index in [4.69, 9.17) is 0 Å². The highest BCUT2D eigenvalue weighted by Crippen LogP contribution is 2.29. The largest absolute Gasteiger partial charge is 0.342 e. The van der Waals surface area contributed by atoms with Crippen LogP contribution in [0.25, 0.3) is 0 Å². The summed E-state index contributed by atoms with van der Waals surface area (Å²) in [5, 5.41) is 6.14. The highest BCUT2D eigenvalue weighted by atomic mass is 32.2. The van der Waals surface area contributed by atoms with E-state index in [1.807, 2.05) is 0 Å². The molecule has 3 aliphatic heterocycles. The van der Waals surface area contributed by atoms with Crippen molar-refractivity contribution in [3.8, 4) is 0 Å². The zero-order chi connectivity index (χ0) is 18.1. The predicted molar refractivity (Wildman–Crippen MR) is 99.5 cm³/mol. The Balaban J connectivity index is 1.38. The van der Waals surface area contributed by atoms with Gasteiger partial charge in [-0.05, 0) is 12.3 Å². The van der Waals surface area contributed by atoms with Crippen LogP contribution in [0.1, 0.15) is 38.5 Å². The predicted octanol–water partition coefficient (Wildman–Crippen LogP) is 0.157. The molecular formula is C18H28N4O3S. The summed E-state index contributed by atoms with van der Waals surface area (Å²) in [4.78, 5) is 41.6. The van der Waals surface area contributed by atoms with Crippen LogP contribution in [0.3, 0.4) is 0 Å². The first-order valence-corrected chi connectivity index (χ1v) is 11.0. The van der Waals surface area contributed by atoms with E-state index in [0.717, 1.165) is 30.9 Å². The number of thioether (sulfide) groups is 1. The van der Waals surface area contributed by atoms with E-state index in [9.17, 15) is 14.4 Å². The van der Waals surface area contributed by atoms with Gasteiger partial charge in [0.15, 0.2) is 0 Å². The molecule has 4 aliphatic rings. The minimum absolute atomic E-state index is 0.0434. The summed E-state index contributed by atoms with van der Waals surface area (Å²) in [6.45, 7) is 1.30. The standard InChI is InChI=1S/C18H28N4O3S/c23-16-15-9-21(17(24)14-10-26-11-19-14)6-7-22(15)18(25)13(20-16)8-12-4-2-1-3-5-12/h12-15,19H,1-11H2,(H,20,23)/t13-,14-,15+/m0/s1. The topological polar surface area (TPSA) is 81.8 Å². The maximum Gasteiger partial charge on any atom is 0.245 e. The summed E-state index contributed by atoms with van der Waals surface area (Å²) >= 11 is 1.71. The molecule has 0 bridgehead atoms. The van der Waals surface area contributed by atoms with Gasteiger partial charge in [-0.25, -0.2) is 0 Å². The summed E-state index contributed by atoms with van der Waals surface area (Å²) in [5.41, 5.74) is 0. The van der Waals surface area contributed by atoms with Gasteiger partial charge in [0, 0.05) is 24.7 Å². The van der Waals surface area contributed by atoms with E-state index < -0.39 is 6.04 Å².